The van der Waals surface area contributed by atoms with E-state index < -0.39 is 14.6 Å². The van der Waals surface area contributed by atoms with Gasteiger partial charge < -0.3 is 15.1 Å². The van der Waals surface area contributed by atoms with E-state index >= 15 is 0 Å². The van der Waals surface area contributed by atoms with Crippen LogP contribution in [0.25, 0.3) is 0 Å². The monoisotopic (exact) mass is 374 g/mol. The van der Waals surface area contributed by atoms with Crippen molar-refractivity contribution in [1.29, 1.82) is 0 Å². The Kier molecular flexibility index (Phi) is 9.21. The second-order valence-corrected chi connectivity index (χ2v) is 10.2. The molecule has 1 heterocycles. The molecule has 1 aliphatic heterocycles. The molecule has 1 saturated heterocycles. The molecular weight excluding hydrogens is 336 g/mol. The van der Waals surface area contributed by atoms with E-state index in [2.05, 4.69) is 29.0 Å². The first kappa shape index (κ1) is 22.2. The Morgan fingerprint density at radius 2 is 1.80 bits per heavy atom. The van der Waals surface area contributed by atoms with Crippen LogP contribution in [0, 0.1) is 0 Å². The first-order valence-corrected chi connectivity index (χ1v) is 11.4. The molecule has 1 fully saturated rings. The van der Waals surface area contributed by atoms with Crippen LogP contribution in [0.3, 0.4) is 0 Å². The molecule has 0 saturated carbocycles. The summed E-state index contributed by atoms with van der Waals surface area (Å²) in [4.78, 5) is 9.35. The maximum atomic E-state index is 12.2. The lowest BCUT2D eigenvalue weighted by atomic mass is 10.2. The summed E-state index contributed by atoms with van der Waals surface area (Å²) >= 11 is 0. The van der Waals surface area contributed by atoms with Crippen LogP contribution in [0.5, 0.6) is 0 Å². The third-order valence-corrected chi connectivity index (χ3v) is 7.18. The predicted octanol–water partition coefficient (Wildman–Crippen LogP) is 1.97. The van der Waals surface area contributed by atoms with Gasteiger partial charge in [-0.1, -0.05) is 13.8 Å². The quantitative estimate of drug-likeness (QED) is 0.380. The van der Waals surface area contributed by atoms with Crippen molar-refractivity contribution < 1.29 is 8.42 Å². The predicted molar refractivity (Wildman–Crippen MR) is 107 cm³/mol. The fourth-order valence-corrected chi connectivity index (χ4v) is 4.56. The number of nitrogens with one attached hydrogen (secondary N) is 1. The minimum absolute atomic E-state index is 0.200. The first-order valence-electron chi connectivity index (χ1n) is 9.75. The van der Waals surface area contributed by atoms with Crippen LogP contribution in [-0.4, -0.2) is 80.5 Å². The number of rotatable bonds is 9. The highest BCUT2D eigenvalue weighted by molar-refractivity contribution is 7.92. The SMILES string of the molecule is CCCN(CCC)CCCN=C(NCC)N1CCS(=O)(=O)C(C)(C)C1. The Bertz CT molecular complexity index is 511. The van der Waals surface area contributed by atoms with E-state index in [0.29, 0.717) is 13.1 Å². The molecule has 0 unspecified atom stereocenters. The summed E-state index contributed by atoms with van der Waals surface area (Å²) in [7, 11) is -3.02. The van der Waals surface area contributed by atoms with Crippen molar-refractivity contribution in [3.8, 4) is 0 Å². The van der Waals surface area contributed by atoms with Crippen LogP contribution in [0.15, 0.2) is 4.99 Å². The summed E-state index contributed by atoms with van der Waals surface area (Å²) in [5.41, 5.74) is 0. The number of nitrogens with zero attached hydrogens (tertiary/aromatic N) is 3. The summed E-state index contributed by atoms with van der Waals surface area (Å²) in [6.45, 7) is 16.1. The van der Waals surface area contributed by atoms with Crippen LogP contribution in [0.4, 0.5) is 0 Å². The second kappa shape index (κ2) is 10.4. The van der Waals surface area contributed by atoms with Crippen molar-refractivity contribution >= 4 is 15.8 Å². The third-order valence-electron chi connectivity index (χ3n) is 4.65. The topological polar surface area (TPSA) is 65.0 Å². The standard InChI is InChI=1S/C18H38N4O2S/c1-6-11-21(12-7-2)13-9-10-20-17(19-8-3)22-14-15-25(23,24)18(4,5)16-22/h6-16H2,1-5H3,(H,19,20). The highest BCUT2D eigenvalue weighted by Crippen LogP contribution is 2.23. The molecule has 0 radical (unpaired) electrons. The molecule has 0 spiro atoms. The molecule has 1 rings (SSSR count). The molecule has 148 valence electrons. The van der Waals surface area contributed by atoms with Gasteiger partial charge in [0.2, 0.25) is 0 Å². The van der Waals surface area contributed by atoms with Crippen LogP contribution in [0.1, 0.15) is 53.9 Å². The van der Waals surface area contributed by atoms with Crippen LogP contribution in [-0.2, 0) is 9.84 Å². The summed E-state index contributed by atoms with van der Waals surface area (Å²) < 4.78 is 23.7. The summed E-state index contributed by atoms with van der Waals surface area (Å²) in [6.07, 6.45) is 3.40. The van der Waals surface area contributed by atoms with Crippen LogP contribution >= 0.6 is 0 Å². The Morgan fingerprint density at radius 1 is 1.16 bits per heavy atom. The zero-order valence-electron chi connectivity index (χ0n) is 16.8. The van der Waals surface area contributed by atoms with Crippen molar-refractivity contribution in [1.82, 2.24) is 15.1 Å². The Balaban J connectivity index is 2.62. The Labute approximate surface area is 155 Å². The van der Waals surface area contributed by atoms with E-state index in [1.54, 1.807) is 0 Å². The second-order valence-electron chi connectivity index (χ2n) is 7.43. The molecule has 7 heteroatoms. The van der Waals surface area contributed by atoms with Crippen molar-refractivity contribution in [2.45, 2.75) is 58.6 Å². The lowest BCUT2D eigenvalue weighted by molar-refractivity contribution is 0.272. The summed E-state index contributed by atoms with van der Waals surface area (Å²) in [6, 6.07) is 0. The zero-order valence-corrected chi connectivity index (χ0v) is 17.7. The van der Waals surface area contributed by atoms with Crippen molar-refractivity contribution in [2.24, 2.45) is 4.99 Å². The number of sulfone groups is 1. The van der Waals surface area contributed by atoms with Gasteiger partial charge in [-0.25, -0.2) is 8.42 Å². The van der Waals surface area contributed by atoms with Crippen molar-refractivity contribution in [3.05, 3.63) is 0 Å². The molecule has 0 aliphatic carbocycles. The number of hydrogen-bond donors (Lipinski definition) is 1. The fraction of sp³-hybridized carbons (Fsp3) is 0.944. The van der Waals surface area contributed by atoms with E-state index in [-0.39, 0.29) is 5.75 Å². The molecule has 1 N–H and O–H groups in total. The molecular formula is C18H38N4O2S. The molecule has 6 nitrogen and oxygen atoms in total. The van der Waals surface area contributed by atoms with Crippen LogP contribution < -0.4 is 5.32 Å². The molecule has 0 atom stereocenters. The highest BCUT2D eigenvalue weighted by Gasteiger charge is 2.40. The molecule has 0 aromatic rings. The largest absolute Gasteiger partial charge is 0.357 e. The maximum absolute atomic E-state index is 12.2. The van der Waals surface area contributed by atoms with Gasteiger partial charge in [0.15, 0.2) is 15.8 Å². The molecule has 1 aliphatic rings. The fourth-order valence-electron chi connectivity index (χ4n) is 3.20. The van der Waals surface area contributed by atoms with Gasteiger partial charge in [-0.05, 0) is 59.7 Å². The molecule has 0 bridgehead atoms. The van der Waals surface area contributed by atoms with Gasteiger partial charge in [0.25, 0.3) is 0 Å². The average molecular weight is 375 g/mol. The van der Waals surface area contributed by atoms with Crippen molar-refractivity contribution in [3.63, 3.8) is 0 Å². The lowest BCUT2D eigenvalue weighted by Crippen LogP contribution is -2.57. The molecule has 0 aromatic heterocycles. The van der Waals surface area contributed by atoms with E-state index in [9.17, 15) is 8.42 Å². The summed E-state index contributed by atoms with van der Waals surface area (Å²) in [5, 5.41) is 3.32. The zero-order chi connectivity index (χ0) is 18.9. The van der Waals surface area contributed by atoms with E-state index in [4.69, 9.17) is 4.99 Å². The van der Waals surface area contributed by atoms with Gasteiger partial charge in [0.1, 0.15) is 0 Å². The van der Waals surface area contributed by atoms with Gasteiger partial charge in [0.05, 0.1) is 10.5 Å². The highest BCUT2D eigenvalue weighted by atomic mass is 32.2. The van der Waals surface area contributed by atoms with Crippen molar-refractivity contribution in [2.75, 3.05) is 51.6 Å². The van der Waals surface area contributed by atoms with Gasteiger partial charge in [-0.2, -0.15) is 0 Å². The van der Waals surface area contributed by atoms with E-state index in [0.717, 1.165) is 45.1 Å². The minimum atomic E-state index is -3.02. The van der Waals surface area contributed by atoms with Gasteiger partial charge in [-0.3, -0.25) is 4.99 Å². The molecule has 0 aromatic carbocycles. The number of hydrogen-bond acceptors (Lipinski definition) is 4. The minimum Gasteiger partial charge on any atom is -0.357 e. The summed E-state index contributed by atoms with van der Waals surface area (Å²) in [5.74, 6) is 1.05. The third kappa shape index (κ3) is 6.77. The maximum Gasteiger partial charge on any atom is 0.193 e. The van der Waals surface area contributed by atoms with Gasteiger partial charge >= 0.3 is 0 Å². The van der Waals surface area contributed by atoms with Gasteiger partial charge in [-0.15, -0.1) is 0 Å². The van der Waals surface area contributed by atoms with E-state index in [1.807, 2.05) is 20.8 Å². The Hall–Kier alpha value is -0.820. The first-order chi connectivity index (χ1) is 11.8. The van der Waals surface area contributed by atoms with E-state index in [1.165, 1.54) is 12.8 Å². The lowest BCUT2D eigenvalue weighted by Gasteiger charge is -2.39. The molecule has 0 amide bonds. The Morgan fingerprint density at radius 3 is 2.32 bits per heavy atom. The average Bonchev–Trinajstić information content (AvgIpc) is 2.53. The van der Waals surface area contributed by atoms with Gasteiger partial charge in [0, 0.05) is 26.2 Å². The van der Waals surface area contributed by atoms with Crippen LogP contribution in [0.2, 0.25) is 0 Å². The molecule has 25 heavy (non-hydrogen) atoms. The smallest absolute Gasteiger partial charge is 0.193 e. The number of guanidine groups is 1. The number of aliphatic imine (C=N–C) groups is 1. The normalized spacial score (nSPS) is 20.1.